The zero-order valence-electron chi connectivity index (χ0n) is 13.2. The first-order chi connectivity index (χ1) is 11.6. The number of rotatable bonds is 5. The van der Waals surface area contributed by atoms with E-state index in [1.165, 1.54) is 12.1 Å². The SMILES string of the molecule is Nc1cc(N)cc(CCOc2ccc(-c3ccc(F)cc3)cc2)c1. The normalized spacial score (nSPS) is 10.5. The summed E-state index contributed by atoms with van der Waals surface area (Å²) in [5, 5.41) is 0. The molecule has 0 heterocycles. The Labute approximate surface area is 140 Å². The molecule has 0 spiro atoms. The summed E-state index contributed by atoms with van der Waals surface area (Å²) in [6.45, 7) is 0.540. The van der Waals surface area contributed by atoms with Gasteiger partial charge in [-0.2, -0.15) is 0 Å². The first-order valence-electron chi connectivity index (χ1n) is 7.74. The van der Waals surface area contributed by atoms with Crippen LogP contribution in [0.15, 0.2) is 66.7 Å². The van der Waals surface area contributed by atoms with Gasteiger partial charge in [0, 0.05) is 17.8 Å². The largest absolute Gasteiger partial charge is 0.493 e. The number of ether oxygens (including phenoxy) is 1. The lowest BCUT2D eigenvalue weighted by Gasteiger charge is -2.09. The molecule has 3 aromatic carbocycles. The first kappa shape index (κ1) is 15.9. The van der Waals surface area contributed by atoms with E-state index in [2.05, 4.69) is 0 Å². The molecule has 24 heavy (non-hydrogen) atoms. The predicted molar refractivity (Wildman–Crippen MR) is 96.3 cm³/mol. The zero-order valence-corrected chi connectivity index (χ0v) is 13.2. The highest BCUT2D eigenvalue weighted by Crippen LogP contribution is 2.23. The topological polar surface area (TPSA) is 61.3 Å². The standard InChI is InChI=1S/C20H19FN2O/c21-17-5-1-15(2-6-17)16-3-7-20(8-4-16)24-10-9-14-11-18(22)13-19(23)12-14/h1-8,11-13H,9-10,22-23H2. The first-order valence-corrected chi connectivity index (χ1v) is 7.74. The molecule has 0 radical (unpaired) electrons. The maximum atomic E-state index is 13.0. The molecule has 3 aromatic rings. The maximum Gasteiger partial charge on any atom is 0.123 e. The number of halogens is 1. The Hall–Kier alpha value is -3.01. The fourth-order valence-electron chi connectivity index (χ4n) is 2.56. The van der Waals surface area contributed by atoms with E-state index in [0.717, 1.165) is 28.9 Å². The minimum Gasteiger partial charge on any atom is -0.493 e. The fraction of sp³-hybridized carbons (Fsp3) is 0.100. The molecule has 4 heteroatoms. The fourth-order valence-corrected chi connectivity index (χ4v) is 2.56. The molecule has 0 saturated carbocycles. The van der Waals surface area contributed by atoms with Crippen molar-refractivity contribution < 1.29 is 9.13 Å². The number of nitrogens with two attached hydrogens (primary N) is 2. The summed E-state index contributed by atoms with van der Waals surface area (Å²) in [7, 11) is 0. The molecule has 3 rings (SSSR count). The molecular formula is C20H19FN2O. The van der Waals surface area contributed by atoms with E-state index < -0.39 is 0 Å². The van der Waals surface area contributed by atoms with E-state index in [9.17, 15) is 4.39 Å². The lowest BCUT2D eigenvalue weighted by atomic mass is 10.1. The summed E-state index contributed by atoms with van der Waals surface area (Å²) in [4.78, 5) is 0. The Kier molecular flexibility index (Phi) is 4.66. The molecule has 0 aliphatic rings. The van der Waals surface area contributed by atoms with Crippen molar-refractivity contribution in [1.82, 2.24) is 0 Å². The van der Waals surface area contributed by atoms with Crippen LogP contribution in [0.4, 0.5) is 15.8 Å². The van der Waals surface area contributed by atoms with Gasteiger partial charge in [0.1, 0.15) is 11.6 Å². The van der Waals surface area contributed by atoms with Crippen LogP contribution < -0.4 is 16.2 Å². The van der Waals surface area contributed by atoms with Gasteiger partial charge in [0.25, 0.3) is 0 Å². The summed E-state index contributed by atoms with van der Waals surface area (Å²) in [6, 6.07) is 19.7. The van der Waals surface area contributed by atoms with Gasteiger partial charge in [-0.05, 0) is 59.2 Å². The van der Waals surface area contributed by atoms with Crippen molar-refractivity contribution in [2.75, 3.05) is 18.1 Å². The van der Waals surface area contributed by atoms with Gasteiger partial charge in [-0.15, -0.1) is 0 Å². The Morgan fingerprint density at radius 2 is 1.29 bits per heavy atom. The Morgan fingerprint density at radius 1 is 0.750 bits per heavy atom. The van der Waals surface area contributed by atoms with Crippen molar-refractivity contribution in [3.8, 4) is 16.9 Å². The average Bonchev–Trinajstić information content (AvgIpc) is 2.55. The zero-order chi connectivity index (χ0) is 16.9. The molecule has 0 aliphatic heterocycles. The van der Waals surface area contributed by atoms with Gasteiger partial charge in [0.05, 0.1) is 6.61 Å². The van der Waals surface area contributed by atoms with E-state index in [0.29, 0.717) is 18.0 Å². The number of nitrogen functional groups attached to an aromatic ring is 2. The van der Waals surface area contributed by atoms with Crippen LogP contribution in [0.2, 0.25) is 0 Å². The minimum absolute atomic E-state index is 0.235. The highest BCUT2D eigenvalue weighted by atomic mass is 19.1. The van der Waals surface area contributed by atoms with Crippen LogP contribution in [0.3, 0.4) is 0 Å². The molecule has 122 valence electrons. The number of anilines is 2. The van der Waals surface area contributed by atoms with Crippen molar-refractivity contribution in [2.45, 2.75) is 6.42 Å². The smallest absolute Gasteiger partial charge is 0.123 e. The minimum atomic E-state index is -0.235. The summed E-state index contributed by atoms with van der Waals surface area (Å²) >= 11 is 0. The highest BCUT2D eigenvalue weighted by molar-refractivity contribution is 5.64. The van der Waals surface area contributed by atoms with E-state index in [1.807, 2.05) is 36.4 Å². The monoisotopic (exact) mass is 322 g/mol. The Bertz CT molecular complexity index is 794. The molecular weight excluding hydrogens is 303 g/mol. The molecule has 0 bridgehead atoms. The van der Waals surface area contributed by atoms with E-state index in [4.69, 9.17) is 16.2 Å². The second-order valence-corrected chi connectivity index (χ2v) is 5.64. The molecule has 0 unspecified atom stereocenters. The number of hydrogen-bond donors (Lipinski definition) is 2. The molecule has 0 saturated heterocycles. The maximum absolute atomic E-state index is 13.0. The summed E-state index contributed by atoms with van der Waals surface area (Å²) in [5.74, 6) is 0.554. The van der Waals surface area contributed by atoms with Gasteiger partial charge in [0.2, 0.25) is 0 Å². The molecule has 0 atom stereocenters. The molecule has 0 aliphatic carbocycles. The van der Waals surface area contributed by atoms with E-state index in [-0.39, 0.29) is 5.82 Å². The van der Waals surface area contributed by atoms with Crippen LogP contribution in [0.1, 0.15) is 5.56 Å². The van der Waals surface area contributed by atoms with Gasteiger partial charge >= 0.3 is 0 Å². The average molecular weight is 322 g/mol. The van der Waals surface area contributed by atoms with Crippen LogP contribution in [-0.4, -0.2) is 6.61 Å². The molecule has 4 N–H and O–H groups in total. The third-order valence-electron chi connectivity index (χ3n) is 3.73. The van der Waals surface area contributed by atoms with E-state index >= 15 is 0 Å². The van der Waals surface area contributed by atoms with Crippen LogP contribution >= 0.6 is 0 Å². The van der Waals surface area contributed by atoms with Crippen molar-refractivity contribution in [2.24, 2.45) is 0 Å². The molecule has 3 nitrogen and oxygen atoms in total. The van der Waals surface area contributed by atoms with Gasteiger partial charge in [-0.1, -0.05) is 24.3 Å². The van der Waals surface area contributed by atoms with E-state index in [1.54, 1.807) is 18.2 Å². The van der Waals surface area contributed by atoms with Gasteiger partial charge in [-0.25, -0.2) is 4.39 Å². The van der Waals surface area contributed by atoms with Gasteiger partial charge < -0.3 is 16.2 Å². The van der Waals surface area contributed by atoms with Crippen molar-refractivity contribution in [3.63, 3.8) is 0 Å². The van der Waals surface area contributed by atoms with Crippen molar-refractivity contribution >= 4 is 11.4 Å². The van der Waals surface area contributed by atoms with Crippen LogP contribution in [0.25, 0.3) is 11.1 Å². The van der Waals surface area contributed by atoms with Gasteiger partial charge in [-0.3, -0.25) is 0 Å². The van der Waals surface area contributed by atoms with Gasteiger partial charge in [0.15, 0.2) is 0 Å². The number of benzene rings is 3. The lowest BCUT2D eigenvalue weighted by molar-refractivity contribution is 0.322. The van der Waals surface area contributed by atoms with Crippen LogP contribution in [-0.2, 0) is 6.42 Å². The number of hydrogen-bond acceptors (Lipinski definition) is 3. The Balaban J connectivity index is 1.59. The Morgan fingerprint density at radius 3 is 1.88 bits per heavy atom. The van der Waals surface area contributed by atoms with Crippen molar-refractivity contribution in [3.05, 3.63) is 78.1 Å². The molecule has 0 fully saturated rings. The summed E-state index contributed by atoms with van der Waals surface area (Å²) < 4.78 is 18.7. The third kappa shape index (κ3) is 4.04. The molecule has 0 amide bonds. The quantitative estimate of drug-likeness (QED) is 0.689. The predicted octanol–water partition coefficient (Wildman–Crippen LogP) is 4.28. The van der Waals surface area contributed by atoms with Crippen LogP contribution in [0.5, 0.6) is 5.75 Å². The summed E-state index contributed by atoms with van der Waals surface area (Å²) in [5.41, 5.74) is 15.9. The molecule has 0 aromatic heterocycles. The summed E-state index contributed by atoms with van der Waals surface area (Å²) in [6.07, 6.45) is 0.731. The second kappa shape index (κ2) is 7.04. The van der Waals surface area contributed by atoms with Crippen LogP contribution in [0, 0.1) is 5.82 Å². The highest BCUT2D eigenvalue weighted by Gasteiger charge is 2.01. The lowest BCUT2D eigenvalue weighted by Crippen LogP contribution is -2.02. The third-order valence-corrected chi connectivity index (χ3v) is 3.73. The second-order valence-electron chi connectivity index (χ2n) is 5.64. The van der Waals surface area contributed by atoms with Crippen molar-refractivity contribution in [1.29, 1.82) is 0 Å².